The van der Waals surface area contributed by atoms with Crippen molar-refractivity contribution in [3.05, 3.63) is 52.2 Å². The molecule has 148 valence electrons. The van der Waals surface area contributed by atoms with E-state index in [0.717, 1.165) is 18.1 Å². The van der Waals surface area contributed by atoms with Gasteiger partial charge in [-0.3, -0.25) is 9.79 Å². The first-order valence-corrected chi connectivity index (χ1v) is 9.27. The van der Waals surface area contributed by atoms with Gasteiger partial charge in [0.25, 0.3) is 5.91 Å². The van der Waals surface area contributed by atoms with Crippen molar-refractivity contribution in [2.45, 2.75) is 25.8 Å². The molecule has 0 unspecified atom stereocenters. The second-order valence-electron chi connectivity index (χ2n) is 6.54. The van der Waals surface area contributed by atoms with E-state index in [2.05, 4.69) is 47.0 Å². The van der Waals surface area contributed by atoms with Gasteiger partial charge in [0.15, 0.2) is 12.6 Å². The highest BCUT2D eigenvalue weighted by Crippen LogP contribution is 2.26. The molecule has 8 heteroatoms. The molecule has 1 aromatic heterocycles. The summed E-state index contributed by atoms with van der Waals surface area (Å²) in [6, 6.07) is 11.8. The van der Waals surface area contributed by atoms with E-state index < -0.39 is 5.91 Å². The number of nitrogens with two attached hydrogens (primary N) is 1. The van der Waals surface area contributed by atoms with Gasteiger partial charge in [-0.15, -0.1) is 35.3 Å². The van der Waals surface area contributed by atoms with Crippen molar-refractivity contribution in [3.63, 3.8) is 0 Å². The molecule has 4 N–H and O–H groups in total. The molecule has 2 aromatic rings. The quantitative estimate of drug-likeness (QED) is 0.294. The van der Waals surface area contributed by atoms with Crippen molar-refractivity contribution >= 4 is 47.2 Å². The molecule has 0 aliphatic carbocycles. The zero-order valence-electron chi connectivity index (χ0n) is 15.8. The number of nitrogens with one attached hydrogen (secondary N) is 2. The minimum absolute atomic E-state index is 0. The van der Waals surface area contributed by atoms with E-state index in [0.29, 0.717) is 12.3 Å². The summed E-state index contributed by atoms with van der Waals surface area (Å²) in [5.74, 6) is 0.856. The lowest BCUT2D eigenvalue weighted by Crippen LogP contribution is -2.42. The number of rotatable bonds is 8. The highest BCUT2D eigenvalue weighted by Gasteiger charge is 2.21. The SMILES string of the molecule is CN=C(NCc1cccc(OCC(N)=O)c1)NCC(C)(C)c1cccs1.I. The van der Waals surface area contributed by atoms with Gasteiger partial charge in [-0.1, -0.05) is 32.0 Å². The average molecular weight is 502 g/mol. The third-order valence-electron chi connectivity index (χ3n) is 3.85. The molecule has 0 bridgehead atoms. The van der Waals surface area contributed by atoms with Crippen molar-refractivity contribution in [1.29, 1.82) is 0 Å². The van der Waals surface area contributed by atoms with Crippen LogP contribution in [0.4, 0.5) is 0 Å². The number of primary amides is 1. The molecule has 0 aliphatic rings. The molecular formula is C19H27IN4O2S. The molecule has 6 nitrogen and oxygen atoms in total. The van der Waals surface area contributed by atoms with E-state index in [1.54, 1.807) is 24.5 Å². The molecule has 0 fully saturated rings. The lowest BCUT2D eigenvalue weighted by atomic mass is 9.91. The number of guanidine groups is 1. The second kappa shape index (κ2) is 11.1. The molecule has 1 amide bonds. The molecule has 0 saturated heterocycles. The third-order valence-corrected chi connectivity index (χ3v) is 5.08. The number of benzene rings is 1. The number of hydrogen-bond donors (Lipinski definition) is 3. The van der Waals surface area contributed by atoms with E-state index in [1.165, 1.54) is 4.88 Å². The van der Waals surface area contributed by atoms with Crippen molar-refractivity contribution in [2.75, 3.05) is 20.2 Å². The average Bonchev–Trinajstić information content (AvgIpc) is 3.16. The van der Waals surface area contributed by atoms with Gasteiger partial charge in [0.2, 0.25) is 0 Å². The Morgan fingerprint density at radius 3 is 2.67 bits per heavy atom. The zero-order valence-corrected chi connectivity index (χ0v) is 19.0. The Morgan fingerprint density at radius 2 is 2.04 bits per heavy atom. The number of hydrogen-bond acceptors (Lipinski definition) is 4. The normalized spacial score (nSPS) is 11.4. The van der Waals surface area contributed by atoms with Crippen LogP contribution in [0.3, 0.4) is 0 Å². The topological polar surface area (TPSA) is 88.7 Å². The monoisotopic (exact) mass is 502 g/mol. The summed E-state index contributed by atoms with van der Waals surface area (Å²) in [6.07, 6.45) is 0. The van der Waals surface area contributed by atoms with Gasteiger partial charge in [-0.25, -0.2) is 0 Å². The van der Waals surface area contributed by atoms with Gasteiger partial charge >= 0.3 is 0 Å². The van der Waals surface area contributed by atoms with Gasteiger partial charge in [-0.2, -0.15) is 0 Å². The molecule has 1 heterocycles. The number of thiophene rings is 1. The summed E-state index contributed by atoms with van der Waals surface area (Å²) >= 11 is 1.76. The Labute approximate surface area is 181 Å². The predicted molar refractivity (Wildman–Crippen MR) is 122 cm³/mol. The van der Waals surface area contributed by atoms with Gasteiger partial charge in [0, 0.05) is 30.4 Å². The number of aliphatic imine (C=N–C) groups is 1. The van der Waals surface area contributed by atoms with Crippen molar-refractivity contribution < 1.29 is 9.53 Å². The summed E-state index contributed by atoms with van der Waals surface area (Å²) in [5, 5.41) is 8.76. The maximum Gasteiger partial charge on any atom is 0.255 e. The molecular weight excluding hydrogens is 475 g/mol. The summed E-state index contributed by atoms with van der Waals surface area (Å²) in [4.78, 5) is 16.4. The fourth-order valence-corrected chi connectivity index (χ4v) is 3.21. The van der Waals surface area contributed by atoms with Crippen LogP contribution in [0.5, 0.6) is 5.75 Å². The van der Waals surface area contributed by atoms with Gasteiger partial charge in [0.1, 0.15) is 5.75 Å². The Bertz CT molecular complexity index is 748. The number of carbonyl (C=O) groups is 1. The van der Waals surface area contributed by atoms with Crippen LogP contribution < -0.4 is 21.1 Å². The van der Waals surface area contributed by atoms with Crippen LogP contribution in [0, 0.1) is 0 Å². The summed E-state index contributed by atoms with van der Waals surface area (Å²) < 4.78 is 5.33. The third kappa shape index (κ3) is 7.76. The van der Waals surface area contributed by atoms with Crippen LogP contribution in [-0.4, -0.2) is 32.1 Å². The Morgan fingerprint density at radius 1 is 1.26 bits per heavy atom. The molecule has 2 rings (SSSR count). The summed E-state index contributed by atoms with van der Waals surface area (Å²) in [6.45, 7) is 5.65. The number of amides is 1. The molecule has 27 heavy (non-hydrogen) atoms. The molecule has 0 spiro atoms. The Kier molecular flexibility index (Phi) is 9.57. The van der Waals surface area contributed by atoms with E-state index in [9.17, 15) is 4.79 Å². The maximum absolute atomic E-state index is 10.8. The fraction of sp³-hybridized carbons (Fsp3) is 0.368. The van der Waals surface area contributed by atoms with Crippen LogP contribution in [-0.2, 0) is 16.8 Å². The first-order chi connectivity index (χ1) is 12.4. The summed E-state index contributed by atoms with van der Waals surface area (Å²) in [5.41, 5.74) is 6.14. The van der Waals surface area contributed by atoms with Gasteiger partial charge in [0.05, 0.1) is 0 Å². The lowest BCUT2D eigenvalue weighted by Gasteiger charge is -2.25. The smallest absolute Gasteiger partial charge is 0.255 e. The largest absolute Gasteiger partial charge is 0.484 e. The number of halogens is 1. The van der Waals surface area contributed by atoms with Gasteiger partial charge in [-0.05, 0) is 29.1 Å². The first-order valence-electron chi connectivity index (χ1n) is 8.39. The number of ether oxygens (including phenoxy) is 1. The van der Waals surface area contributed by atoms with Gasteiger partial charge < -0.3 is 21.1 Å². The minimum atomic E-state index is -0.494. The van der Waals surface area contributed by atoms with E-state index in [1.807, 2.05) is 18.2 Å². The van der Waals surface area contributed by atoms with E-state index in [-0.39, 0.29) is 36.0 Å². The number of nitrogens with zero attached hydrogens (tertiary/aromatic N) is 1. The van der Waals surface area contributed by atoms with E-state index >= 15 is 0 Å². The van der Waals surface area contributed by atoms with Crippen LogP contribution in [0.15, 0.2) is 46.8 Å². The minimum Gasteiger partial charge on any atom is -0.484 e. The zero-order chi connectivity index (χ0) is 19.0. The summed E-state index contributed by atoms with van der Waals surface area (Å²) in [7, 11) is 1.75. The Balaban J connectivity index is 0.00000364. The number of carbonyl (C=O) groups excluding carboxylic acids is 1. The molecule has 0 atom stereocenters. The van der Waals surface area contributed by atoms with Crippen molar-refractivity contribution in [1.82, 2.24) is 10.6 Å². The highest BCUT2D eigenvalue weighted by atomic mass is 127. The fourth-order valence-electron chi connectivity index (χ4n) is 2.36. The van der Waals surface area contributed by atoms with Crippen LogP contribution >= 0.6 is 35.3 Å². The van der Waals surface area contributed by atoms with Crippen molar-refractivity contribution in [2.24, 2.45) is 10.7 Å². The Hall–Kier alpha value is -1.81. The molecule has 0 radical (unpaired) electrons. The second-order valence-corrected chi connectivity index (χ2v) is 7.49. The lowest BCUT2D eigenvalue weighted by molar-refractivity contribution is -0.119. The van der Waals surface area contributed by atoms with Crippen molar-refractivity contribution in [3.8, 4) is 5.75 Å². The van der Waals surface area contributed by atoms with Crippen LogP contribution in [0.25, 0.3) is 0 Å². The first kappa shape index (κ1) is 23.2. The van der Waals surface area contributed by atoms with E-state index in [4.69, 9.17) is 10.5 Å². The molecule has 0 aliphatic heterocycles. The highest BCUT2D eigenvalue weighted by molar-refractivity contribution is 14.0. The van der Waals surface area contributed by atoms with Crippen LogP contribution in [0.1, 0.15) is 24.3 Å². The molecule has 0 saturated carbocycles. The molecule has 1 aromatic carbocycles. The maximum atomic E-state index is 10.8. The standard InChI is InChI=1S/C19H26N4O2S.HI/c1-19(2,16-8-5-9-26-16)13-23-18(21-3)22-11-14-6-4-7-15(10-14)25-12-17(20)24;/h4-10H,11-13H2,1-3H3,(H2,20,24)(H2,21,22,23);1H. The predicted octanol–water partition coefficient (Wildman–Crippen LogP) is 2.87. The van der Waals surface area contributed by atoms with Crippen LogP contribution in [0.2, 0.25) is 0 Å².